The molecule has 0 bridgehead atoms. The van der Waals surface area contributed by atoms with Crippen LogP contribution in [-0.2, 0) is 30.9 Å². The van der Waals surface area contributed by atoms with Crippen molar-refractivity contribution in [3.63, 3.8) is 0 Å². The second kappa shape index (κ2) is 21.6. The molecule has 69 heavy (non-hydrogen) atoms. The number of benzene rings is 2. The zero-order valence-electron chi connectivity index (χ0n) is 43.0. The minimum absolute atomic E-state index is 0.118. The van der Waals surface area contributed by atoms with Gasteiger partial charge in [0, 0.05) is 12.0 Å². The van der Waals surface area contributed by atoms with E-state index in [9.17, 15) is 24.9 Å². The molecule has 10 atom stereocenters. The Bertz CT molecular complexity index is 2030. The fraction of sp³-hybridized carbons (Fsp3) is 0.742. The van der Waals surface area contributed by atoms with Crippen molar-refractivity contribution in [2.45, 2.75) is 230 Å². The Kier molecular flexibility index (Phi) is 15.9. The summed E-state index contributed by atoms with van der Waals surface area (Å²) in [7, 11) is 0. The second-order valence-corrected chi connectivity index (χ2v) is 25.1. The van der Waals surface area contributed by atoms with E-state index >= 15 is 0 Å². The van der Waals surface area contributed by atoms with Crippen LogP contribution in [0.25, 0.3) is 0 Å². The molecule has 6 saturated carbocycles. The van der Waals surface area contributed by atoms with Crippen LogP contribution in [0.15, 0.2) is 72.3 Å². The van der Waals surface area contributed by atoms with Crippen molar-refractivity contribution in [2.75, 3.05) is 6.61 Å². The van der Waals surface area contributed by atoms with Crippen LogP contribution in [0.1, 0.15) is 205 Å². The molecular weight excluding hydrogens is 857 g/mol. The minimum atomic E-state index is -1.49. The van der Waals surface area contributed by atoms with Gasteiger partial charge in [0.05, 0.1) is 29.1 Å². The summed E-state index contributed by atoms with van der Waals surface area (Å²) >= 11 is 0. The maximum absolute atomic E-state index is 14.5. The summed E-state index contributed by atoms with van der Waals surface area (Å²) in [4.78, 5) is 26.8. The number of esters is 2. The molecule has 0 saturated heterocycles. The Morgan fingerprint density at radius 2 is 1.49 bits per heavy atom. The molecule has 2 aromatic carbocycles. The van der Waals surface area contributed by atoms with Gasteiger partial charge in [0.15, 0.2) is 0 Å². The molecule has 1 heterocycles. The van der Waals surface area contributed by atoms with Crippen molar-refractivity contribution in [3.8, 4) is 0 Å². The normalized spacial score (nSPS) is 36.8. The molecule has 7 heteroatoms. The number of hydrogen-bond donors (Lipinski definition) is 3. The number of aliphatic hydroxyl groups excluding tert-OH is 2. The third-order valence-electron chi connectivity index (χ3n) is 21.2. The lowest BCUT2D eigenvalue weighted by atomic mass is 9.37. The van der Waals surface area contributed by atoms with Gasteiger partial charge >= 0.3 is 11.9 Å². The number of aryl methyl sites for hydroxylation is 1. The van der Waals surface area contributed by atoms with Crippen LogP contribution in [0.4, 0.5) is 0 Å². The van der Waals surface area contributed by atoms with Gasteiger partial charge in [-0.3, -0.25) is 4.79 Å². The van der Waals surface area contributed by atoms with E-state index in [1.54, 1.807) is 11.6 Å². The molecule has 2 aromatic rings. The topological polar surface area (TPSA) is 113 Å². The van der Waals surface area contributed by atoms with Crippen molar-refractivity contribution in [1.29, 1.82) is 0 Å². The highest BCUT2D eigenvalue weighted by atomic mass is 16.5. The first-order valence-corrected chi connectivity index (χ1v) is 28.5. The number of cyclic esters (lactones) is 1. The van der Waals surface area contributed by atoms with E-state index in [0.717, 1.165) is 88.5 Å². The van der Waals surface area contributed by atoms with Gasteiger partial charge in [-0.05, 0) is 191 Å². The molecule has 9 rings (SSSR count). The fourth-order valence-corrected chi connectivity index (χ4v) is 17.4. The molecule has 380 valence electrons. The molecule has 7 nitrogen and oxygen atoms in total. The fourth-order valence-electron chi connectivity index (χ4n) is 17.4. The number of aliphatic hydroxyl groups is 3. The molecule has 0 aromatic heterocycles. The predicted molar refractivity (Wildman–Crippen MR) is 274 cm³/mol. The quantitative estimate of drug-likeness (QED) is 0.135. The summed E-state index contributed by atoms with van der Waals surface area (Å²) in [6, 6.07) is 22.1. The SMILES string of the molecule is C[C@H](CCCc1ccccc1)CC[C@H](O)[C@]12[C@@H]([C@H](OC(=O)C3CCCCC3)C[C@@H](C)[C@]1(O)CCC1=CC(=O)OC1)[C@](C)(C1CCC3(CC1)CC[C@@H](CC1(c4ccccc4)CCCCC1)C3)CC[C@@H]2O. The van der Waals surface area contributed by atoms with E-state index in [1.165, 1.54) is 76.2 Å². The van der Waals surface area contributed by atoms with Gasteiger partial charge in [0.25, 0.3) is 0 Å². The van der Waals surface area contributed by atoms with Crippen molar-refractivity contribution in [3.05, 3.63) is 83.4 Å². The number of carbonyl (C=O) groups is 2. The van der Waals surface area contributed by atoms with Crippen molar-refractivity contribution in [2.24, 2.45) is 51.8 Å². The highest BCUT2D eigenvalue weighted by Gasteiger charge is 2.74. The average Bonchev–Trinajstić information content (AvgIpc) is 3.98. The van der Waals surface area contributed by atoms with E-state index in [0.29, 0.717) is 54.8 Å². The summed E-state index contributed by atoms with van der Waals surface area (Å²) in [5, 5.41) is 40.4. The Morgan fingerprint density at radius 1 is 0.812 bits per heavy atom. The molecule has 7 aliphatic rings. The van der Waals surface area contributed by atoms with Crippen molar-refractivity contribution < 1.29 is 34.4 Å². The highest BCUT2D eigenvalue weighted by molar-refractivity contribution is 5.85. The van der Waals surface area contributed by atoms with Crippen LogP contribution >= 0.6 is 0 Å². The van der Waals surface area contributed by atoms with Crippen LogP contribution in [0, 0.1) is 51.8 Å². The molecule has 1 aliphatic heterocycles. The number of fused-ring (bicyclic) bond motifs is 1. The number of hydrogen-bond acceptors (Lipinski definition) is 7. The Balaban J connectivity index is 1.01. The second-order valence-electron chi connectivity index (χ2n) is 25.1. The number of rotatable bonds is 17. The van der Waals surface area contributed by atoms with Gasteiger partial charge in [-0.1, -0.05) is 126 Å². The molecule has 3 N–H and O–H groups in total. The molecule has 1 spiro atoms. The zero-order valence-corrected chi connectivity index (χ0v) is 43.0. The number of ether oxygens (including phenoxy) is 2. The van der Waals surface area contributed by atoms with E-state index in [2.05, 4.69) is 81.4 Å². The monoisotopic (exact) mass is 947 g/mol. The first-order chi connectivity index (χ1) is 33.3. The van der Waals surface area contributed by atoms with Gasteiger partial charge in [0.1, 0.15) is 12.7 Å². The van der Waals surface area contributed by atoms with Crippen LogP contribution in [0.2, 0.25) is 0 Å². The summed E-state index contributed by atoms with van der Waals surface area (Å²) in [5.41, 5.74) is 1.19. The third kappa shape index (κ3) is 10.3. The Labute approximate surface area is 416 Å². The van der Waals surface area contributed by atoms with Gasteiger partial charge in [-0.2, -0.15) is 0 Å². The van der Waals surface area contributed by atoms with Crippen molar-refractivity contribution >= 4 is 11.9 Å². The molecule has 0 unspecified atom stereocenters. The predicted octanol–water partition coefficient (Wildman–Crippen LogP) is 13.3. The van der Waals surface area contributed by atoms with Gasteiger partial charge in [0.2, 0.25) is 0 Å². The van der Waals surface area contributed by atoms with E-state index in [4.69, 9.17) is 9.47 Å². The molecule has 0 radical (unpaired) electrons. The third-order valence-corrected chi connectivity index (χ3v) is 21.2. The summed E-state index contributed by atoms with van der Waals surface area (Å²) in [5.74, 6) is -0.00180. The average molecular weight is 947 g/mol. The van der Waals surface area contributed by atoms with Gasteiger partial charge < -0.3 is 24.8 Å². The summed E-state index contributed by atoms with van der Waals surface area (Å²) < 4.78 is 12.3. The maximum atomic E-state index is 14.5. The molecule has 6 fully saturated rings. The van der Waals surface area contributed by atoms with Gasteiger partial charge in [-0.15, -0.1) is 0 Å². The largest absolute Gasteiger partial charge is 0.462 e. The minimum Gasteiger partial charge on any atom is -0.462 e. The zero-order chi connectivity index (χ0) is 48.3. The maximum Gasteiger partial charge on any atom is 0.331 e. The van der Waals surface area contributed by atoms with Crippen LogP contribution in [0.5, 0.6) is 0 Å². The van der Waals surface area contributed by atoms with Crippen LogP contribution in [-0.4, -0.2) is 57.8 Å². The molecule has 6 aliphatic carbocycles. The lowest BCUT2D eigenvalue weighted by Gasteiger charge is -2.70. The highest BCUT2D eigenvalue weighted by Crippen LogP contribution is 2.70. The van der Waals surface area contributed by atoms with E-state index in [1.807, 2.05) is 0 Å². The summed E-state index contributed by atoms with van der Waals surface area (Å²) in [6.07, 6.45) is 27.3. The van der Waals surface area contributed by atoms with E-state index < -0.39 is 40.7 Å². The smallest absolute Gasteiger partial charge is 0.331 e. The Morgan fingerprint density at radius 3 is 2.19 bits per heavy atom. The summed E-state index contributed by atoms with van der Waals surface area (Å²) in [6.45, 7) is 6.98. The van der Waals surface area contributed by atoms with Crippen LogP contribution < -0.4 is 0 Å². The lowest BCUT2D eigenvalue weighted by molar-refractivity contribution is -0.328. The van der Waals surface area contributed by atoms with E-state index in [-0.39, 0.29) is 30.4 Å². The van der Waals surface area contributed by atoms with Gasteiger partial charge in [-0.25, -0.2) is 4.79 Å². The van der Waals surface area contributed by atoms with Crippen molar-refractivity contribution in [1.82, 2.24) is 0 Å². The first-order valence-electron chi connectivity index (χ1n) is 28.5. The first kappa shape index (κ1) is 50.9. The standard InChI is InChI=1S/C62H90O7/c1-44(17-16-20-46-18-8-4-9-19-46)25-26-53(63)62-54(64)31-34-58(3,50-29-36-59(37-30-50)35-27-48(41-59)42-60(32-14-7-15-33-60)51-23-12-6-13-24-51)56(62)52(69-57(66)49-21-10-5-11-22-49)39-45(2)61(62,67)38-28-47-40-55(65)68-43-47/h4,6,8-9,12-13,18-19,23-24,40,44-45,48-50,52-54,56,63-64,67H,5,7,10-11,14-17,20-22,25-39,41-43H2,1-3H3/t44-,45-,48-,50?,52-,53+,54+,56+,58+,59?,61-,62+/m1/s1. The molecule has 0 amide bonds. The lowest BCUT2D eigenvalue weighted by Crippen LogP contribution is -2.77. The Hall–Kier alpha value is -3.00. The number of carbonyl (C=O) groups excluding carboxylic acids is 2. The van der Waals surface area contributed by atoms with Crippen LogP contribution in [0.3, 0.4) is 0 Å². The molecular formula is C62H90O7.